The molecule has 0 aromatic heterocycles. The van der Waals surface area contributed by atoms with Crippen LogP contribution < -0.4 is 5.84 Å². The zero-order valence-corrected chi connectivity index (χ0v) is 14.1. The number of allylic oxidation sites excluding steroid dienone is 3. The third kappa shape index (κ3) is 19.5. The van der Waals surface area contributed by atoms with Gasteiger partial charge in [-0.05, 0) is 20.3 Å². The lowest BCUT2D eigenvalue weighted by molar-refractivity contribution is 0.702. The molecule has 0 aromatic carbocycles. The lowest BCUT2D eigenvalue weighted by Gasteiger charge is -2.07. The van der Waals surface area contributed by atoms with E-state index in [2.05, 4.69) is 31.6 Å². The van der Waals surface area contributed by atoms with Crippen LogP contribution in [0.15, 0.2) is 29.9 Å². The highest BCUT2D eigenvalue weighted by molar-refractivity contribution is 5.85. The quantitative estimate of drug-likeness (QED) is 0.208. The lowest BCUT2D eigenvalue weighted by atomic mass is 10.0. The van der Waals surface area contributed by atoms with Crippen LogP contribution in [0.1, 0.15) is 73.6 Å². The Labute approximate surface area is 121 Å². The van der Waals surface area contributed by atoms with Crippen molar-refractivity contribution in [2.45, 2.75) is 73.6 Å². The zero-order chi connectivity index (χ0) is 15.5. The van der Waals surface area contributed by atoms with Crippen molar-refractivity contribution in [2.24, 2.45) is 16.9 Å². The summed E-state index contributed by atoms with van der Waals surface area (Å²) in [7, 11) is 0. The minimum Gasteiger partial charge on any atom is -0.323 e. The summed E-state index contributed by atoms with van der Waals surface area (Å²) in [4.78, 5) is 0. The second-order valence-electron chi connectivity index (χ2n) is 4.13. The third-order valence-corrected chi connectivity index (χ3v) is 2.54. The van der Waals surface area contributed by atoms with Crippen molar-refractivity contribution in [3.8, 4) is 0 Å². The standard InChI is InChI=1S/C9H16N2.C6H14.C2H6/c1-4-6-9(7-5-2)8(3)11-10;1-3-5-6-4-2;1-2/h4-5,7,9H,1,6,10H2,2-3H3;3-6H2,1-2H3;1-2H3/b7-5-,11-8+;;. The maximum absolute atomic E-state index is 5.15. The number of rotatable bonds is 7. The van der Waals surface area contributed by atoms with Crippen molar-refractivity contribution in [3.63, 3.8) is 0 Å². The monoisotopic (exact) mass is 268 g/mol. The summed E-state index contributed by atoms with van der Waals surface area (Å²) in [5.41, 5.74) is 0.947. The van der Waals surface area contributed by atoms with Crippen LogP contribution in [0.5, 0.6) is 0 Å². The molecular weight excluding hydrogens is 232 g/mol. The summed E-state index contributed by atoms with van der Waals surface area (Å²) in [6.07, 6.45) is 12.4. The summed E-state index contributed by atoms with van der Waals surface area (Å²) in [6.45, 7) is 16.0. The second kappa shape index (κ2) is 22.2. The number of hydrazone groups is 1. The van der Waals surface area contributed by atoms with E-state index < -0.39 is 0 Å². The maximum Gasteiger partial charge on any atom is 0.0416 e. The first-order valence-corrected chi connectivity index (χ1v) is 7.65. The highest BCUT2D eigenvalue weighted by atomic mass is 15.1. The van der Waals surface area contributed by atoms with Gasteiger partial charge in [0.25, 0.3) is 0 Å². The second-order valence-corrected chi connectivity index (χ2v) is 4.13. The van der Waals surface area contributed by atoms with E-state index >= 15 is 0 Å². The third-order valence-electron chi connectivity index (χ3n) is 2.54. The highest BCUT2D eigenvalue weighted by Gasteiger charge is 2.04. The Morgan fingerprint density at radius 3 is 1.95 bits per heavy atom. The van der Waals surface area contributed by atoms with Crippen molar-refractivity contribution in [1.82, 2.24) is 0 Å². The van der Waals surface area contributed by atoms with E-state index in [-0.39, 0.29) is 0 Å². The largest absolute Gasteiger partial charge is 0.323 e. The fourth-order valence-corrected chi connectivity index (χ4v) is 1.40. The van der Waals surface area contributed by atoms with Crippen LogP contribution >= 0.6 is 0 Å². The first-order chi connectivity index (χ1) is 9.17. The number of nitrogens with two attached hydrogens (primary N) is 1. The van der Waals surface area contributed by atoms with Crippen molar-refractivity contribution >= 4 is 5.71 Å². The zero-order valence-electron chi connectivity index (χ0n) is 14.1. The molecule has 0 aliphatic heterocycles. The van der Waals surface area contributed by atoms with Gasteiger partial charge < -0.3 is 5.84 Å². The van der Waals surface area contributed by atoms with Gasteiger partial charge in [-0.25, -0.2) is 0 Å². The number of nitrogens with zero attached hydrogens (tertiary/aromatic N) is 1. The molecule has 0 saturated carbocycles. The summed E-state index contributed by atoms with van der Waals surface area (Å²) in [6, 6.07) is 0. The van der Waals surface area contributed by atoms with E-state index in [1.807, 2.05) is 39.8 Å². The fourth-order valence-electron chi connectivity index (χ4n) is 1.40. The molecule has 0 heterocycles. The summed E-state index contributed by atoms with van der Waals surface area (Å²) >= 11 is 0. The average molecular weight is 268 g/mol. The molecule has 1 unspecified atom stereocenters. The fraction of sp³-hybridized carbons (Fsp3) is 0.706. The molecule has 114 valence electrons. The van der Waals surface area contributed by atoms with E-state index in [1.165, 1.54) is 25.7 Å². The normalized spacial score (nSPS) is 12.0. The predicted molar refractivity (Wildman–Crippen MR) is 91.6 cm³/mol. The maximum atomic E-state index is 5.15. The van der Waals surface area contributed by atoms with Crippen LogP contribution in [0, 0.1) is 5.92 Å². The Morgan fingerprint density at radius 1 is 1.21 bits per heavy atom. The minimum atomic E-state index is 0.322. The van der Waals surface area contributed by atoms with Crippen LogP contribution in [0.4, 0.5) is 0 Å². The van der Waals surface area contributed by atoms with Gasteiger partial charge >= 0.3 is 0 Å². The Balaban J connectivity index is -0.000000271. The molecule has 0 amide bonds. The Hall–Kier alpha value is -1.05. The van der Waals surface area contributed by atoms with Gasteiger partial charge in [-0.1, -0.05) is 71.6 Å². The van der Waals surface area contributed by atoms with Gasteiger partial charge in [0.1, 0.15) is 0 Å². The molecule has 0 bridgehead atoms. The Bertz CT molecular complexity index is 213. The Morgan fingerprint density at radius 2 is 1.68 bits per heavy atom. The minimum absolute atomic E-state index is 0.322. The molecule has 2 N–H and O–H groups in total. The van der Waals surface area contributed by atoms with Crippen LogP contribution in [0.3, 0.4) is 0 Å². The highest BCUT2D eigenvalue weighted by Crippen LogP contribution is 2.07. The van der Waals surface area contributed by atoms with Gasteiger partial charge in [0, 0.05) is 11.6 Å². The molecule has 0 saturated heterocycles. The summed E-state index contributed by atoms with van der Waals surface area (Å²) in [5.74, 6) is 5.48. The molecule has 2 heteroatoms. The van der Waals surface area contributed by atoms with Crippen molar-refractivity contribution < 1.29 is 0 Å². The molecule has 0 aliphatic rings. The van der Waals surface area contributed by atoms with Crippen molar-refractivity contribution in [3.05, 3.63) is 24.8 Å². The van der Waals surface area contributed by atoms with Crippen molar-refractivity contribution in [2.75, 3.05) is 0 Å². The van der Waals surface area contributed by atoms with Gasteiger partial charge in [0.05, 0.1) is 0 Å². The number of unbranched alkanes of at least 4 members (excludes halogenated alkanes) is 3. The van der Waals surface area contributed by atoms with Gasteiger partial charge in [0.2, 0.25) is 0 Å². The molecule has 0 aromatic rings. The molecule has 0 spiro atoms. The lowest BCUT2D eigenvalue weighted by Crippen LogP contribution is -2.09. The first-order valence-electron chi connectivity index (χ1n) is 7.65. The van der Waals surface area contributed by atoms with Gasteiger partial charge in [-0.15, -0.1) is 6.58 Å². The SMILES string of the molecule is C=CCC(/C=C\C)/C(C)=N/N.CC.CCCCCC. The van der Waals surface area contributed by atoms with Crippen LogP contribution in [0.2, 0.25) is 0 Å². The van der Waals surface area contributed by atoms with E-state index in [1.54, 1.807) is 0 Å². The molecule has 0 aliphatic carbocycles. The van der Waals surface area contributed by atoms with Gasteiger partial charge in [0.15, 0.2) is 0 Å². The average Bonchev–Trinajstić information content (AvgIpc) is 2.46. The van der Waals surface area contributed by atoms with Crippen LogP contribution in [-0.4, -0.2) is 5.71 Å². The summed E-state index contributed by atoms with van der Waals surface area (Å²) in [5, 5.41) is 3.64. The van der Waals surface area contributed by atoms with E-state index in [0.29, 0.717) is 5.92 Å². The topological polar surface area (TPSA) is 38.4 Å². The van der Waals surface area contributed by atoms with Crippen molar-refractivity contribution in [1.29, 1.82) is 0 Å². The van der Waals surface area contributed by atoms with Crippen LogP contribution in [-0.2, 0) is 0 Å². The Kier molecular flexibility index (Phi) is 26.9. The van der Waals surface area contributed by atoms with E-state index in [9.17, 15) is 0 Å². The predicted octanol–water partition coefficient (Wildman–Crippen LogP) is 5.70. The molecule has 19 heavy (non-hydrogen) atoms. The van der Waals surface area contributed by atoms with E-state index in [4.69, 9.17) is 5.84 Å². The molecule has 2 nitrogen and oxygen atoms in total. The van der Waals surface area contributed by atoms with Gasteiger partial charge in [-0.3, -0.25) is 0 Å². The van der Waals surface area contributed by atoms with E-state index in [0.717, 1.165) is 12.1 Å². The number of hydrogen-bond donors (Lipinski definition) is 1. The number of hydrogen-bond acceptors (Lipinski definition) is 2. The molecule has 1 atom stereocenters. The smallest absolute Gasteiger partial charge is 0.0416 e. The first kappa shape index (κ1) is 23.1. The molecular formula is C17H36N2. The molecule has 0 rings (SSSR count). The molecule has 0 radical (unpaired) electrons. The van der Waals surface area contributed by atoms with Gasteiger partial charge in [-0.2, -0.15) is 5.10 Å². The van der Waals surface area contributed by atoms with Crippen LogP contribution in [0.25, 0.3) is 0 Å². The summed E-state index contributed by atoms with van der Waals surface area (Å²) < 4.78 is 0. The molecule has 0 fully saturated rings.